The van der Waals surface area contributed by atoms with Gasteiger partial charge in [0.05, 0.1) is 6.42 Å². The van der Waals surface area contributed by atoms with Gasteiger partial charge in [0.2, 0.25) is 5.91 Å². The fourth-order valence-electron chi connectivity index (χ4n) is 3.15. The minimum atomic E-state index is -0.300. The Labute approximate surface area is 169 Å². The maximum Gasteiger partial charge on any atom is 0.317 e. The van der Waals surface area contributed by atoms with Crippen molar-refractivity contribution >= 4 is 23.5 Å². The summed E-state index contributed by atoms with van der Waals surface area (Å²) >= 11 is 5.88. The first-order chi connectivity index (χ1) is 13.5. The molecule has 0 aromatic heterocycles. The van der Waals surface area contributed by atoms with Gasteiger partial charge >= 0.3 is 6.03 Å². The summed E-state index contributed by atoms with van der Waals surface area (Å²) in [5.41, 5.74) is 1.76. The van der Waals surface area contributed by atoms with Crippen LogP contribution in [0.4, 0.5) is 9.18 Å². The monoisotopic (exact) mass is 403 g/mol. The first-order valence-corrected chi connectivity index (χ1v) is 9.68. The van der Waals surface area contributed by atoms with Crippen LogP contribution in [-0.2, 0) is 17.8 Å². The van der Waals surface area contributed by atoms with Crippen LogP contribution in [0.1, 0.15) is 17.5 Å². The fourth-order valence-corrected chi connectivity index (χ4v) is 3.28. The SMILES string of the molecule is O=C(Cc1ccc(Cl)cc1)N1CCCN(C(=O)NCc2ccc(F)cc2)CC1. The summed E-state index contributed by atoms with van der Waals surface area (Å²) < 4.78 is 12.9. The van der Waals surface area contributed by atoms with E-state index in [0.717, 1.165) is 17.5 Å². The van der Waals surface area contributed by atoms with Crippen molar-refractivity contribution in [3.05, 3.63) is 70.5 Å². The second-order valence-corrected chi connectivity index (χ2v) is 7.25. The largest absolute Gasteiger partial charge is 0.341 e. The second kappa shape index (κ2) is 9.55. The standard InChI is InChI=1S/C21H23ClFN3O2/c22-18-6-2-16(3-7-18)14-20(27)25-10-1-11-26(13-12-25)21(28)24-15-17-4-8-19(23)9-5-17/h2-9H,1,10-15H2,(H,24,28). The van der Waals surface area contributed by atoms with Crippen molar-refractivity contribution in [2.45, 2.75) is 19.4 Å². The molecule has 1 aliphatic heterocycles. The lowest BCUT2D eigenvalue weighted by molar-refractivity contribution is -0.130. The maximum absolute atomic E-state index is 12.9. The Hall–Kier alpha value is -2.60. The molecule has 3 amide bonds. The molecule has 2 aromatic rings. The minimum Gasteiger partial charge on any atom is -0.341 e. The Morgan fingerprint density at radius 3 is 2.21 bits per heavy atom. The molecule has 1 heterocycles. The predicted molar refractivity (Wildman–Crippen MR) is 107 cm³/mol. The van der Waals surface area contributed by atoms with Gasteiger partial charge in [-0.2, -0.15) is 0 Å². The Morgan fingerprint density at radius 1 is 0.893 bits per heavy atom. The number of hydrogen-bond acceptors (Lipinski definition) is 2. The van der Waals surface area contributed by atoms with Gasteiger partial charge in [-0.25, -0.2) is 9.18 Å². The van der Waals surface area contributed by atoms with Gasteiger partial charge in [0.15, 0.2) is 0 Å². The molecule has 0 unspecified atom stereocenters. The van der Waals surface area contributed by atoms with Crippen LogP contribution >= 0.6 is 11.6 Å². The average molecular weight is 404 g/mol. The Balaban J connectivity index is 1.48. The topological polar surface area (TPSA) is 52.7 Å². The number of rotatable bonds is 4. The van der Waals surface area contributed by atoms with E-state index in [1.807, 2.05) is 17.0 Å². The predicted octanol–water partition coefficient (Wildman–Crippen LogP) is 3.47. The Kier molecular flexibility index (Phi) is 6.87. The van der Waals surface area contributed by atoms with Gasteiger partial charge < -0.3 is 15.1 Å². The number of amides is 3. The zero-order valence-electron chi connectivity index (χ0n) is 15.5. The van der Waals surface area contributed by atoms with Gasteiger partial charge in [0.25, 0.3) is 0 Å². The maximum atomic E-state index is 12.9. The number of carbonyl (C=O) groups excluding carboxylic acids is 2. The highest BCUT2D eigenvalue weighted by Gasteiger charge is 2.22. The van der Waals surface area contributed by atoms with Crippen LogP contribution in [0.2, 0.25) is 5.02 Å². The van der Waals surface area contributed by atoms with Gasteiger partial charge in [0, 0.05) is 37.7 Å². The number of hydrogen-bond donors (Lipinski definition) is 1. The summed E-state index contributed by atoms with van der Waals surface area (Å²) in [5, 5.41) is 3.50. The van der Waals surface area contributed by atoms with Gasteiger partial charge in [-0.1, -0.05) is 35.9 Å². The molecular formula is C21H23ClFN3O2. The van der Waals surface area contributed by atoms with Crippen molar-refractivity contribution in [1.82, 2.24) is 15.1 Å². The molecule has 1 N–H and O–H groups in total. The highest BCUT2D eigenvalue weighted by atomic mass is 35.5. The van der Waals surface area contributed by atoms with Crippen LogP contribution in [0.3, 0.4) is 0 Å². The van der Waals surface area contributed by atoms with Gasteiger partial charge in [-0.05, 0) is 41.8 Å². The third-order valence-corrected chi connectivity index (χ3v) is 5.01. The molecule has 0 saturated carbocycles. The highest BCUT2D eigenvalue weighted by Crippen LogP contribution is 2.12. The van der Waals surface area contributed by atoms with Gasteiger partial charge in [0.1, 0.15) is 5.82 Å². The van der Waals surface area contributed by atoms with Crippen LogP contribution in [0.15, 0.2) is 48.5 Å². The summed E-state index contributed by atoms with van der Waals surface area (Å²) in [7, 11) is 0. The molecular weight excluding hydrogens is 381 g/mol. The molecule has 1 fully saturated rings. The van der Waals surface area contributed by atoms with E-state index in [-0.39, 0.29) is 17.8 Å². The highest BCUT2D eigenvalue weighted by molar-refractivity contribution is 6.30. The molecule has 0 atom stereocenters. The first-order valence-electron chi connectivity index (χ1n) is 9.31. The number of nitrogens with zero attached hydrogens (tertiary/aromatic N) is 2. The lowest BCUT2D eigenvalue weighted by atomic mass is 10.1. The first kappa shape index (κ1) is 20.1. The lowest BCUT2D eigenvalue weighted by Crippen LogP contribution is -2.42. The third kappa shape index (κ3) is 5.70. The number of nitrogens with one attached hydrogen (secondary N) is 1. The molecule has 0 spiro atoms. The molecule has 28 heavy (non-hydrogen) atoms. The van der Waals surface area contributed by atoms with Crippen molar-refractivity contribution in [2.75, 3.05) is 26.2 Å². The average Bonchev–Trinajstić information content (AvgIpc) is 2.95. The van der Waals surface area contributed by atoms with Gasteiger partial charge in [-0.15, -0.1) is 0 Å². The molecule has 5 nitrogen and oxygen atoms in total. The Bertz CT molecular complexity index is 811. The van der Waals surface area contributed by atoms with Crippen LogP contribution in [0, 0.1) is 5.82 Å². The van der Waals surface area contributed by atoms with Gasteiger partial charge in [-0.3, -0.25) is 4.79 Å². The van der Waals surface area contributed by atoms with E-state index in [4.69, 9.17) is 11.6 Å². The lowest BCUT2D eigenvalue weighted by Gasteiger charge is -2.22. The van der Waals surface area contributed by atoms with E-state index in [2.05, 4.69) is 5.32 Å². The molecule has 1 saturated heterocycles. The summed E-state index contributed by atoms with van der Waals surface area (Å²) in [6, 6.07) is 13.1. The van der Waals surface area contributed by atoms with E-state index in [1.165, 1.54) is 12.1 Å². The molecule has 1 aliphatic rings. The summed E-state index contributed by atoms with van der Waals surface area (Å²) in [6.07, 6.45) is 1.06. The molecule has 0 aliphatic carbocycles. The number of halogens is 2. The molecule has 0 bridgehead atoms. The van der Waals surface area contributed by atoms with Crippen LogP contribution in [-0.4, -0.2) is 47.9 Å². The molecule has 0 radical (unpaired) electrons. The van der Waals surface area contributed by atoms with Crippen LogP contribution in [0.25, 0.3) is 0 Å². The number of urea groups is 1. The molecule has 7 heteroatoms. The molecule has 148 valence electrons. The van der Waals surface area contributed by atoms with Crippen molar-refractivity contribution < 1.29 is 14.0 Å². The normalized spacial score (nSPS) is 14.5. The van der Waals surface area contributed by atoms with Crippen molar-refractivity contribution in [2.24, 2.45) is 0 Å². The Morgan fingerprint density at radius 2 is 1.50 bits per heavy atom. The minimum absolute atomic E-state index is 0.0518. The van der Waals surface area contributed by atoms with E-state index in [1.54, 1.807) is 29.2 Å². The van der Waals surface area contributed by atoms with E-state index >= 15 is 0 Å². The molecule has 2 aromatic carbocycles. The fraction of sp³-hybridized carbons (Fsp3) is 0.333. The van der Waals surface area contributed by atoms with Crippen LogP contribution in [0.5, 0.6) is 0 Å². The number of benzene rings is 2. The second-order valence-electron chi connectivity index (χ2n) is 6.81. The smallest absolute Gasteiger partial charge is 0.317 e. The van der Waals surface area contributed by atoms with Crippen molar-refractivity contribution in [3.63, 3.8) is 0 Å². The quantitative estimate of drug-likeness (QED) is 0.849. The van der Waals surface area contributed by atoms with E-state index < -0.39 is 0 Å². The third-order valence-electron chi connectivity index (χ3n) is 4.76. The zero-order valence-corrected chi connectivity index (χ0v) is 16.3. The van der Waals surface area contributed by atoms with E-state index in [9.17, 15) is 14.0 Å². The van der Waals surface area contributed by atoms with E-state index in [0.29, 0.717) is 44.2 Å². The van der Waals surface area contributed by atoms with Crippen molar-refractivity contribution in [3.8, 4) is 0 Å². The van der Waals surface area contributed by atoms with Crippen LogP contribution < -0.4 is 5.32 Å². The molecule has 3 rings (SSSR count). The van der Waals surface area contributed by atoms with Crippen molar-refractivity contribution in [1.29, 1.82) is 0 Å². The summed E-state index contributed by atoms with van der Waals surface area (Å²) in [4.78, 5) is 28.5. The summed E-state index contributed by atoms with van der Waals surface area (Å²) in [6.45, 7) is 2.57. The zero-order chi connectivity index (χ0) is 19.9. The summed E-state index contributed by atoms with van der Waals surface area (Å²) in [5.74, 6) is -0.248. The number of carbonyl (C=O) groups is 2.